The highest BCUT2D eigenvalue weighted by atomic mass is 35.5. The van der Waals surface area contributed by atoms with Gasteiger partial charge in [0.05, 0.1) is 17.6 Å². The predicted octanol–water partition coefficient (Wildman–Crippen LogP) is 3.23. The molecule has 0 bridgehead atoms. The molecule has 1 unspecified atom stereocenters. The molecule has 0 spiro atoms. The van der Waals surface area contributed by atoms with Gasteiger partial charge in [-0.2, -0.15) is 0 Å². The van der Waals surface area contributed by atoms with E-state index in [9.17, 15) is 5.11 Å². The van der Waals surface area contributed by atoms with Gasteiger partial charge in [0.1, 0.15) is 5.75 Å². The van der Waals surface area contributed by atoms with Gasteiger partial charge < -0.3 is 15.2 Å². The maximum Gasteiger partial charge on any atom is 0.118 e. The number of thiophene rings is 1. The first-order valence-corrected chi connectivity index (χ1v) is 7.15. The second-order valence-corrected chi connectivity index (χ2v) is 5.93. The van der Waals surface area contributed by atoms with Gasteiger partial charge in [0.2, 0.25) is 0 Å². The fourth-order valence-electron chi connectivity index (χ4n) is 1.72. The Labute approximate surface area is 121 Å². The minimum atomic E-state index is -0.527. The fourth-order valence-corrected chi connectivity index (χ4v) is 2.78. The Morgan fingerprint density at radius 1 is 1.26 bits per heavy atom. The van der Waals surface area contributed by atoms with E-state index in [-0.39, 0.29) is 0 Å². The summed E-state index contributed by atoms with van der Waals surface area (Å²) >= 11 is 7.40. The summed E-state index contributed by atoms with van der Waals surface area (Å²) in [5.74, 6) is 0.789. The average Bonchev–Trinajstić information content (AvgIpc) is 2.84. The third kappa shape index (κ3) is 4.21. The van der Waals surface area contributed by atoms with Crippen LogP contribution in [0.25, 0.3) is 0 Å². The summed E-state index contributed by atoms with van der Waals surface area (Å²) in [5, 5.41) is 13.3. The normalized spacial score (nSPS) is 12.4. The topological polar surface area (TPSA) is 41.5 Å². The van der Waals surface area contributed by atoms with Gasteiger partial charge in [-0.15, -0.1) is 11.3 Å². The molecule has 102 valence electrons. The Bertz CT molecular complexity index is 512. The number of ether oxygens (including phenoxy) is 1. The second kappa shape index (κ2) is 6.91. The van der Waals surface area contributed by atoms with E-state index in [2.05, 4.69) is 5.32 Å². The highest BCUT2D eigenvalue weighted by Gasteiger charge is 2.07. The van der Waals surface area contributed by atoms with Crippen molar-refractivity contribution in [3.05, 3.63) is 51.2 Å². The predicted molar refractivity (Wildman–Crippen MR) is 79.0 cm³/mol. The van der Waals surface area contributed by atoms with Crippen molar-refractivity contribution < 1.29 is 9.84 Å². The van der Waals surface area contributed by atoms with Crippen LogP contribution in [0.4, 0.5) is 0 Å². The Kier molecular flexibility index (Phi) is 5.22. The molecule has 0 radical (unpaired) electrons. The first kappa shape index (κ1) is 14.3. The number of hydrogen-bond acceptors (Lipinski definition) is 4. The number of aliphatic hydroxyl groups is 1. The molecular weight excluding hydrogens is 282 g/mol. The van der Waals surface area contributed by atoms with Crippen LogP contribution >= 0.6 is 22.9 Å². The summed E-state index contributed by atoms with van der Waals surface area (Å²) < 4.78 is 5.87. The standard InChI is InChI=1S/C14H16ClNO2S/c1-18-11-4-2-10(3-5-11)13(17)9-16-8-12-6-7-14(15)19-12/h2-7,13,16-17H,8-9H2,1H3. The maximum absolute atomic E-state index is 10.0. The molecule has 5 heteroatoms. The van der Waals surface area contributed by atoms with Crippen molar-refractivity contribution in [1.29, 1.82) is 0 Å². The van der Waals surface area contributed by atoms with E-state index < -0.39 is 6.10 Å². The van der Waals surface area contributed by atoms with E-state index in [1.165, 1.54) is 0 Å². The smallest absolute Gasteiger partial charge is 0.118 e. The molecule has 0 amide bonds. The van der Waals surface area contributed by atoms with Crippen LogP contribution in [0.15, 0.2) is 36.4 Å². The molecule has 0 saturated heterocycles. The summed E-state index contributed by atoms with van der Waals surface area (Å²) in [6.07, 6.45) is -0.527. The largest absolute Gasteiger partial charge is 0.497 e. The molecule has 0 aliphatic rings. The van der Waals surface area contributed by atoms with Crippen LogP contribution in [-0.4, -0.2) is 18.8 Å². The lowest BCUT2D eigenvalue weighted by atomic mass is 10.1. The molecule has 0 saturated carbocycles. The summed E-state index contributed by atoms with van der Waals surface area (Å²) in [4.78, 5) is 1.16. The molecular formula is C14H16ClNO2S. The molecule has 0 aliphatic carbocycles. The van der Waals surface area contributed by atoms with E-state index in [1.54, 1.807) is 18.4 Å². The molecule has 2 rings (SSSR count). The summed E-state index contributed by atoms with van der Waals surface area (Å²) in [6.45, 7) is 1.21. The molecule has 0 aliphatic heterocycles. The lowest BCUT2D eigenvalue weighted by Gasteiger charge is -2.12. The molecule has 2 aromatic rings. The second-order valence-electron chi connectivity index (χ2n) is 4.13. The van der Waals surface area contributed by atoms with Crippen LogP contribution in [0, 0.1) is 0 Å². The van der Waals surface area contributed by atoms with Crippen molar-refractivity contribution in [1.82, 2.24) is 5.32 Å². The Balaban J connectivity index is 1.81. The zero-order valence-corrected chi connectivity index (χ0v) is 12.2. The number of nitrogens with one attached hydrogen (secondary N) is 1. The van der Waals surface area contributed by atoms with Crippen molar-refractivity contribution in [2.75, 3.05) is 13.7 Å². The zero-order valence-electron chi connectivity index (χ0n) is 10.6. The van der Waals surface area contributed by atoms with Gasteiger partial charge in [0.25, 0.3) is 0 Å². The van der Waals surface area contributed by atoms with Crippen LogP contribution in [0.5, 0.6) is 5.75 Å². The third-order valence-electron chi connectivity index (χ3n) is 2.77. The molecule has 1 aromatic carbocycles. The molecule has 1 atom stereocenters. The van der Waals surface area contributed by atoms with E-state index in [0.29, 0.717) is 13.1 Å². The molecule has 2 N–H and O–H groups in total. The number of benzene rings is 1. The van der Waals surface area contributed by atoms with Crippen LogP contribution in [0.1, 0.15) is 16.5 Å². The van der Waals surface area contributed by atoms with E-state index in [1.807, 2.05) is 36.4 Å². The minimum Gasteiger partial charge on any atom is -0.497 e. The van der Waals surface area contributed by atoms with Gasteiger partial charge in [-0.05, 0) is 29.8 Å². The number of halogens is 1. The Morgan fingerprint density at radius 3 is 2.58 bits per heavy atom. The van der Waals surface area contributed by atoms with Gasteiger partial charge >= 0.3 is 0 Å². The van der Waals surface area contributed by atoms with Crippen LogP contribution in [0.2, 0.25) is 4.34 Å². The fraction of sp³-hybridized carbons (Fsp3) is 0.286. The average molecular weight is 298 g/mol. The quantitative estimate of drug-likeness (QED) is 0.860. The van der Waals surface area contributed by atoms with Crippen LogP contribution in [0.3, 0.4) is 0 Å². The molecule has 1 heterocycles. The first-order valence-electron chi connectivity index (χ1n) is 5.96. The van der Waals surface area contributed by atoms with Crippen molar-refractivity contribution in [2.45, 2.75) is 12.6 Å². The Hall–Kier alpha value is -1.07. The summed E-state index contributed by atoms with van der Waals surface area (Å²) in [7, 11) is 1.62. The SMILES string of the molecule is COc1ccc(C(O)CNCc2ccc(Cl)s2)cc1. The van der Waals surface area contributed by atoms with Crippen molar-refractivity contribution in [2.24, 2.45) is 0 Å². The molecule has 3 nitrogen and oxygen atoms in total. The van der Waals surface area contributed by atoms with Gasteiger partial charge in [0.15, 0.2) is 0 Å². The number of methoxy groups -OCH3 is 1. The van der Waals surface area contributed by atoms with E-state index in [0.717, 1.165) is 20.5 Å². The van der Waals surface area contributed by atoms with Crippen molar-refractivity contribution in [3.63, 3.8) is 0 Å². The van der Waals surface area contributed by atoms with Crippen LogP contribution in [-0.2, 0) is 6.54 Å². The van der Waals surface area contributed by atoms with Gasteiger partial charge in [-0.25, -0.2) is 0 Å². The van der Waals surface area contributed by atoms with Crippen molar-refractivity contribution in [3.8, 4) is 5.75 Å². The zero-order chi connectivity index (χ0) is 13.7. The number of aliphatic hydroxyl groups excluding tert-OH is 1. The number of hydrogen-bond donors (Lipinski definition) is 2. The molecule has 19 heavy (non-hydrogen) atoms. The Morgan fingerprint density at radius 2 is 2.00 bits per heavy atom. The highest BCUT2D eigenvalue weighted by molar-refractivity contribution is 7.16. The lowest BCUT2D eigenvalue weighted by molar-refractivity contribution is 0.174. The highest BCUT2D eigenvalue weighted by Crippen LogP contribution is 2.21. The van der Waals surface area contributed by atoms with E-state index in [4.69, 9.17) is 16.3 Å². The van der Waals surface area contributed by atoms with E-state index >= 15 is 0 Å². The third-order valence-corrected chi connectivity index (χ3v) is 4.00. The summed E-state index contributed by atoms with van der Waals surface area (Å²) in [6, 6.07) is 11.3. The van der Waals surface area contributed by atoms with Crippen LogP contribution < -0.4 is 10.1 Å². The lowest BCUT2D eigenvalue weighted by Crippen LogP contribution is -2.20. The maximum atomic E-state index is 10.0. The van der Waals surface area contributed by atoms with Crippen molar-refractivity contribution >= 4 is 22.9 Å². The van der Waals surface area contributed by atoms with Gasteiger partial charge in [-0.3, -0.25) is 0 Å². The molecule has 1 aromatic heterocycles. The monoisotopic (exact) mass is 297 g/mol. The molecule has 0 fully saturated rings. The first-order chi connectivity index (χ1) is 9.19. The van der Waals surface area contributed by atoms with Gasteiger partial charge in [0, 0.05) is 18.0 Å². The number of rotatable bonds is 6. The summed E-state index contributed by atoms with van der Waals surface area (Å²) in [5.41, 5.74) is 0.873. The van der Waals surface area contributed by atoms with Gasteiger partial charge in [-0.1, -0.05) is 23.7 Å². The minimum absolute atomic E-state index is 0.502.